The lowest BCUT2D eigenvalue weighted by molar-refractivity contribution is -0.143. The maximum Gasteiger partial charge on any atom is 0.326 e. The molecule has 3 rings (SSSR count). The fourth-order valence-corrected chi connectivity index (χ4v) is 3.88. The molecule has 0 saturated carbocycles. The first-order chi connectivity index (χ1) is 14.0. The van der Waals surface area contributed by atoms with E-state index in [-0.39, 0.29) is 30.6 Å². The van der Waals surface area contributed by atoms with Crippen molar-refractivity contribution in [2.24, 2.45) is 5.10 Å². The van der Waals surface area contributed by atoms with Gasteiger partial charge >= 0.3 is 10.8 Å². The molecule has 29 heavy (non-hydrogen) atoms. The van der Waals surface area contributed by atoms with E-state index in [9.17, 15) is 14.4 Å². The number of hydrogen-bond donors (Lipinski definition) is 1. The van der Waals surface area contributed by atoms with Gasteiger partial charge in [-0.2, -0.15) is 5.10 Å². The number of hydrazone groups is 1. The first-order valence-corrected chi connectivity index (χ1v) is 10.0. The SMILES string of the molecule is CCOC(=O)Cn1c(Cl)c(/C=N/NC(=O)Cc2cccc3ccccc23)sc1=O. The summed E-state index contributed by atoms with van der Waals surface area (Å²) in [7, 11) is 0. The lowest BCUT2D eigenvalue weighted by Gasteiger charge is -2.05. The number of rotatable bonds is 7. The number of benzene rings is 2. The van der Waals surface area contributed by atoms with E-state index in [0.29, 0.717) is 4.88 Å². The highest BCUT2D eigenvalue weighted by Gasteiger charge is 2.15. The highest BCUT2D eigenvalue weighted by atomic mass is 35.5. The van der Waals surface area contributed by atoms with Crippen molar-refractivity contribution in [2.45, 2.75) is 19.9 Å². The van der Waals surface area contributed by atoms with Crippen LogP contribution in [0.3, 0.4) is 0 Å². The van der Waals surface area contributed by atoms with Gasteiger partial charge in [0.2, 0.25) is 5.91 Å². The van der Waals surface area contributed by atoms with Crippen LogP contribution in [0, 0.1) is 0 Å². The van der Waals surface area contributed by atoms with Gasteiger partial charge in [-0.15, -0.1) is 0 Å². The number of nitrogens with zero attached hydrogens (tertiary/aromatic N) is 2. The number of carbonyl (C=O) groups is 2. The van der Waals surface area contributed by atoms with E-state index in [1.54, 1.807) is 6.92 Å². The molecule has 150 valence electrons. The van der Waals surface area contributed by atoms with Crippen molar-refractivity contribution >= 4 is 51.8 Å². The summed E-state index contributed by atoms with van der Waals surface area (Å²) in [4.78, 5) is 35.7. The normalized spacial score (nSPS) is 11.1. The Morgan fingerprint density at radius 3 is 2.79 bits per heavy atom. The van der Waals surface area contributed by atoms with Crippen LogP contribution < -0.4 is 10.3 Å². The van der Waals surface area contributed by atoms with Gasteiger partial charge in [0.15, 0.2) is 0 Å². The molecule has 9 heteroatoms. The molecule has 1 aromatic heterocycles. The summed E-state index contributed by atoms with van der Waals surface area (Å²) in [6.07, 6.45) is 1.45. The van der Waals surface area contributed by atoms with Crippen molar-refractivity contribution in [3.05, 3.63) is 67.7 Å². The second-order valence-electron chi connectivity index (χ2n) is 6.02. The molecule has 0 radical (unpaired) electrons. The summed E-state index contributed by atoms with van der Waals surface area (Å²) < 4.78 is 5.92. The van der Waals surface area contributed by atoms with Crippen LogP contribution in [0.4, 0.5) is 0 Å². The van der Waals surface area contributed by atoms with Crippen molar-refractivity contribution in [3.8, 4) is 0 Å². The second-order valence-corrected chi connectivity index (χ2v) is 7.37. The Kier molecular flexibility index (Phi) is 6.79. The third-order valence-electron chi connectivity index (χ3n) is 4.05. The number of fused-ring (bicyclic) bond motifs is 1. The first-order valence-electron chi connectivity index (χ1n) is 8.83. The van der Waals surface area contributed by atoms with Crippen molar-refractivity contribution in [1.29, 1.82) is 0 Å². The fourth-order valence-electron chi connectivity index (χ4n) is 2.78. The van der Waals surface area contributed by atoms with E-state index in [1.165, 1.54) is 6.21 Å². The molecule has 0 spiro atoms. The van der Waals surface area contributed by atoms with Gasteiger partial charge in [-0.3, -0.25) is 19.0 Å². The molecule has 3 aromatic rings. The van der Waals surface area contributed by atoms with Crippen LogP contribution in [0.5, 0.6) is 0 Å². The van der Waals surface area contributed by atoms with Crippen LogP contribution in [0.15, 0.2) is 52.4 Å². The van der Waals surface area contributed by atoms with Crippen molar-refractivity contribution in [1.82, 2.24) is 9.99 Å². The maximum atomic E-state index is 12.2. The molecule has 0 saturated heterocycles. The molecular formula is C20H18ClN3O4S. The van der Waals surface area contributed by atoms with E-state index in [2.05, 4.69) is 10.5 Å². The van der Waals surface area contributed by atoms with Gasteiger partial charge in [0, 0.05) is 0 Å². The van der Waals surface area contributed by atoms with Crippen molar-refractivity contribution in [3.63, 3.8) is 0 Å². The summed E-state index contributed by atoms with van der Waals surface area (Å²) >= 11 is 6.97. The summed E-state index contributed by atoms with van der Waals surface area (Å²) in [5.74, 6) is -0.854. The number of hydrogen-bond acceptors (Lipinski definition) is 6. The average Bonchev–Trinajstić information content (AvgIpc) is 2.96. The smallest absolute Gasteiger partial charge is 0.326 e. The average molecular weight is 432 g/mol. The molecule has 0 aliphatic rings. The van der Waals surface area contributed by atoms with Crippen LogP contribution in [0.2, 0.25) is 5.15 Å². The third-order valence-corrected chi connectivity index (χ3v) is 5.49. The standard InChI is InChI=1S/C20H18ClN3O4S/c1-2-28-18(26)12-24-19(21)16(29-20(24)27)11-22-23-17(25)10-14-8-5-7-13-6-3-4-9-15(13)14/h3-9,11H,2,10,12H2,1H3,(H,23,25)/b22-11+. The molecule has 0 aliphatic carbocycles. The predicted octanol–water partition coefficient (Wildman–Crippen LogP) is 2.97. The zero-order chi connectivity index (χ0) is 20.8. The summed E-state index contributed by atoms with van der Waals surface area (Å²) in [5.41, 5.74) is 3.32. The molecule has 1 N–H and O–H groups in total. The molecule has 0 atom stereocenters. The number of halogens is 1. The van der Waals surface area contributed by atoms with Crippen LogP contribution in [-0.4, -0.2) is 29.3 Å². The Balaban J connectivity index is 1.66. The van der Waals surface area contributed by atoms with E-state index >= 15 is 0 Å². The molecule has 0 bridgehead atoms. The van der Waals surface area contributed by atoms with Gasteiger partial charge in [-0.05, 0) is 23.3 Å². The number of carbonyl (C=O) groups excluding carboxylic acids is 2. The fraction of sp³-hybridized carbons (Fsp3) is 0.200. The molecule has 1 heterocycles. The van der Waals surface area contributed by atoms with Gasteiger partial charge in [0.05, 0.1) is 24.1 Å². The van der Waals surface area contributed by atoms with E-state index in [1.807, 2.05) is 42.5 Å². The predicted molar refractivity (Wildman–Crippen MR) is 114 cm³/mol. The van der Waals surface area contributed by atoms with Gasteiger partial charge < -0.3 is 4.74 Å². The first kappa shape index (κ1) is 20.8. The minimum atomic E-state index is -0.554. The van der Waals surface area contributed by atoms with Crippen LogP contribution >= 0.6 is 22.9 Å². The molecular weight excluding hydrogens is 414 g/mol. The molecule has 7 nitrogen and oxygen atoms in total. The van der Waals surface area contributed by atoms with Crippen molar-refractivity contribution in [2.75, 3.05) is 6.61 Å². The number of amides is 1. The molecule has 2 aromatic carbocycles. The number of thiazole rings is 1. The van der Waals surface area contributed by atoms with E-state index < -0.39 is 10.8 Å². The zero-order valence-electron chi connectivity index (χ0n) is 15.6. The van der Waals surface area contributed by atoms with Crippen LogP contribution in [0.1, 0.15) is 17.4 Å². The zero-order valence-corrected chi connectivity index (χ0v) is 17.1. The largest absolute Gasteiger partial charge is 0.465 e. The summed E-state index contributed by atoms with van der Waals surface area (Å²) in [6.45, 7) is 1.62. The molecule has 0 unspecified atom stereocenters. The Bertz CT molecular complexity index is 1130. The Hall–Kier alpha value is -2.97. The highest BCUT2D eigenvalue weighted by molar-refractivity contribution is 7.11. The third kappa shape index (κ3) is 5.10. The van der Waals surface area contributed by atoms with Crippen molar-refractivity contribution < 1.29 is 14.3 Å². The number of nitrogens with one attached hydrogen (secondary N) is 1. The Labute approximate surface area is 175 Å². The number of esters is 1. The monoisotopic (exact) mass is 431 g/mol. The number of aromatic nitrogens is 1. The lowest BCUT2D eigenvalue weighted by atomic mass is 10.0. The highest BCUT2D eigenvalue weighted by Crippen LogP contribution is 2.19. The second kappa shape index (κ2) is 9.49. The molecule has 0 aliphatic heterocycles. The lowest BCUT2D eigenvalue weighted by Crippen LogP contribution is -2.21. The number of ether oxygens (including phenoxy) is 1. The summed E-state index contributed by atoms with van der Waals surface area (Å²) in [6, 6.07) is 13.6. The molecule has 1 amide bonds. The summed E-state index contributed by atoms with van der Waals surface area (Å²) in [5, 5.41) is 6.01. The van der Waals surface area contributed by atoms with E-state index in [4.69, 9.17) is 16.3 Å². The van der Waals surface area contributed by atoms with Crippen LogP contribution in [0.25, 0.3) is 10.8 Å². The minimum Gasteiger partial charge on any atom is -0.465 e. The van der Waals surface area contributed by atoms with Gasteiger partial charge in [-0.25, -0.2) is 5.43 Å². The van der Waals surface area contributed by atoms with Gasteiger partial charge in [-0.1, -0.05) is 65.4 Å². The topological polar surface area (TPSA) is 89.8 Å². The van der Waals surface area contributed by atoms with Gasteiger partial charge in [0.1, 0.15) is 11.7 Å². The Morgan fingerprint density at radius 2 is 2.00 bits per heavy atom. The molecule has 0 fully saturated rings. The van der Waals surface area contributed by atoms with E-state index in [0.717, 1.165) is 32.2 Å². The maximum absolute atomic E-state index is 12.2. The quantitative estimate of drug-likeness (QED) is 0.354. The van der Waals surface area contributed by atoms with Gasteiger partial charge in [0.25, 0.3) is 0 Å². The Morgan fingerprint density at radius 1 is 1.24 bits per heavy atom. The minimum absolute atomic E-state index is 0.0695. The van der Waals surface area contributed by atoms with Crippen LogP contribution in [-0.2, 0) is 27.3 Å².